The van der Waals surface area contributed by atoms with E-state index >= 15 is 0 Å². The predicted molar refractivity (Wildman–Crippen MR) is 75.0 cm³/mol. The maximum atomic E-state index is 10.8. The lowest BCUT2D eigenvalue weighted by molar-refractivity contribution is 0.0696. The van der Waals surface area contributed by atoms with E-state index in [1.165, 1.54) is 38.2 Å². The van der Waals surface area contributed by atoms with Crippen molar-refractivity contribution in [3.05, 3.63) is 18.0 Å². The Morgan fingerprint density at radius 1 is 1.25 bits per heavy atom. The van der Waals surface area contributed by atoms with Gasteiger partial charge in [0.2, 0.25) is 5.95 Å². The molecule has 2 fully saturated rings. The number of piperidine rings is 1. The first kappa shape index (κ1) is 13.3. The first-order chi connectivity index (χ1) is 9.58. The molecule has 6 nitrogen and oxygen atoms in total. The van der Waals surface area contributed by atoms with Crippen LogP contribution >= 0.6 is 0 Å². The molecular formula is C14H20N4O2. The van der Waals surface area contributed by atoms with Crippen LogP contribution in [0.25, 0.3) is 0 Å². The Bertz CT molecular complexity index is 504. The molecule has 2 aliphatic heterocycles. The van der Waals surface area contributed by atoms with E-state index in [0.29, 0.717) is 11.4 Å². The smallest absolute Gasteiger partial charge is 0.338 e. The largest absolute Gasteiger partial charge is 0.478 e. The molecule has 1 spiro atoms. The first-order valence-corrected chi connectivity index (χ1v) is 7.07. The van der Waals surface area contributed by atoms with E-state index in [2.05, 4.69) is 26.8 Å². The summed E-state index contributed by atoms with van der Waals surface area (Å²) in [6.45, 7) is 4.26. The second-order valence-corrected chi connectivity index (χ2v) is 6.09. The molecule has 0 amide bonds. The van der Waals surface area contributed by atoms with E-state index in [1.807, 2.05) is 0 Å². The molecule has 6 heteroatoms. The predicted octanol–water partition coefficient (Wildman–Crippen LogP) is 1.10. The van der Waals surface area contributed by atoms with Gasteiger partial charge in [0, 0.05) is 37.4 Å². The fraction of sp³-hybridized carbons (Fsp3) is 0.643. The Morgan fingerprint density at radius 3 is 2.65 bits per heavy atom. The van der Waals surface area contributed by atoms with E-state index in [-0.39, 0.29) is 5.56 Å². The van der Waals surface area contributed by atoms with Gasteiger partial charge in [0.25, 0.3) is 0 Å². The van der Waals surface area contributed by atoms with E-state index in [9.17, 15) is 4.79 Å². The van der Waals surface area contributed by atoms with E-state index in [0.717, 1.165) is 19.6 Å². The summed E-state index contributed by atoms with van der Waals surface area (Å²) in [6.07, 6.45) is 6.47. The zero-order valence-corrected chi connectivity index (χ0v) is 11.7. The molecule has 0 saturated carbocycles. The lowest BCUT2D eigenvalue weighted by Gasteiger charge is -2.38. The van der Waals surface area contributed by atoms with Gasteiger partial charge in [-0.25, -0.2) is 14.8 Å². The normalized spacial score (nSPS) is 27.1. The van der Waals surface area contributed by atoms with Crippen LogP contribution in [0.1, 0.15) is 29.6 Å². The Labute approximate surface area is 118 Å². The SMILES string of the molecule is CN1CCCC2(CCN(c3ncc(C(=O)O)cn3)C2)C1. The van der Waals surface area contributed by atoms with Crippen LogP contribution in [0, 0.1) is 5.41 Å². The third-order valence-electron chi connectivity index (χ3n) is 4.46. The van der Waals surface area contributed by atoms with Gasteiger partial charge in [-0.1, -0.05) is 0 Å². The van der Waals surface area contributed by atoms with Gasteiger partial charge in [-0.2, -0.15) is 0 Å². The third-order valence-corrected chi connectivity index (χ3v) is 4.46. The second kappa shape index (κ2) is 5.01. The third kappa shape index (κ3) is 2.47. The highest BCUT2D eigenvalue weighted by Crippen LogP contribution is 2.39. The van der Waals surface area contributed by atoms with Crippen molar-refractivity contribution in [1.82, 2.24) is 14.9 Å². The van der Waals surface area contributed by atoms with Gasteiger partial charge < -0.3 is 14.9 Å². The van der Waals surface area contributed by atoms with Crippen LogP contribution in [0.4, 0.5) is 5.95 Å². The van der Waals surface area contributed by atoms with Gasteiger partial charge in [0.15, 0.2) is 0 Å². The number of carbonyl (C=O) groups is 1. The molecule has 108 valence electrons. The van der Waals surface area contributed by atoms with Crippen molar-refractivity contribution < 1.29 is 9.90 Å². The van der Waals surface area contributed by atoms with Gasteiger partial charge in [-0.05, 0) is 32.9 Å². The summed E-state index contributed by atoms with van der Waals surface area (Å²) in [6, 6.07) is 0. The van der Waals surface area contributed by atoms with Crippen molar-refractivity contribution in [2.24, 2.45) is 5.41 Å². The zero-order chi connectivity index (χ0) is 14.2. The minimum absolute atomic E-state index is 0.139. The number of aromatic nitrogens is 2. The van der Waals surface area contributed by atoms with Crippen molar-refractivity contribution in [2.75, 3.05) is 38.1 Å². The number of carboxylic acid groups (broad SMARTS) is 1. The number of hydrogen-bond donors (Lipinski definition) is 1. The molecule has 0 aromatic carbocycles. The molecule has 0 bridgehead atoms. The molecular weight excluding hydrogens is 256 g/mol. The van der Waals surface area contributed by atoms with Crippen LogP contribution < -0.4 is 4.90 Å². The van der Waals surface area contributed by atoms with Gasteiger partial charge in [-0.3, -0.25) is 0 Å². The van der Waals surface area contributed by atoms with Crippen molar-refractivity contribution in [2.45, 2.75) is 19.3 Å². The maximum Gasteiger partial charge on any atom is 0.338 e. The van der Waals surface area contributed by atoms with Gasteiger partial charge in [0.05, 0.1) is 5.56 Å². The quantitative estimate of drug-likeness (QED) is 0.872. The summed E-state index contributed by atoms with van der Waals surface area (Å²) in [5.74, 6) is -0.330. The summed E-state index contributed by atoms with van der Waals surface area (Å²) in [5, 5.41) is 8.87. The van der Waals surface area contributed by atoms with Crippen LogP contribution in [0.3, 0.4) is 0 Å². The Kier molecular flexibility index (Phi) is 3.33. The second-order valence-electron chi connectivity index (χ2n) is 6.09. The number of carboxylic acids is 1. The monoisotopic (exact) mass is 276 g/mol. The summed E-state index contributed by atoms with van der Waals surface area (Å²) < 4.78 is 0. The zero-order valence-electron chi connectivity index (χ0n) is 11.7. The lowest BCUT2D eigenvalue weighted by Crippen LogP contribution is -2.43. The van der Waals surface area contributed by atoms with Crippen molar-refractivity contribution in [1.29, 1.82) is 0 Å². The fourth-order valence-electron chi connectivity index (χ4n) is 3.49. The highest BCUT2D eigenvalue weighted by atomic mass is 16.4. The van der Waals surface area contributed by atoms with E-state index in [1.54, 1.807) is 0 Å². The minimum atomic E-state index is -0.983. The van der Waals surface area contributed by atoms with Crippen LogP contribution in [0.15, 0.2) is 12.4 Å². The average molecular weight is 276 g/mol. The molecule has 3 heterocycles. The fourth-order valence-corrected chi connectivity index (χ4v) is 3.49. The molecule has 0 radical (unpaired) electrons. The number of anilines is 1. The first-order valence-electron chi connectivity index (χ1n) is 7.07. The molecule has 2 saturated heterocycles. The summed E-state index contributed by atoms with van der Waals surface area (Å²) in [7, 11) is 2.18. The van der Waals surface area contributed by atoms with Crippen LogP contribution in [-0.4, -0.2) is 59.2 Å². The standard InChI is InChI=1S/C14H20N4O2/c1-17-5-2-3-14(9-17)4-6-18(10-14)13-15-7-11(8-16-13)12(19)20/h7-8H,2-6,9-10H2,1H3,(H,19,20). The topological polar surface area (TPSA) is 69.6 Å². The molecule has 20 heavy (non-hydrogen) atoms. The molecule has 3 rings (SSSR count). The molecule has 1 atom stereocenters. The van der Waals surface area contributed by atoms with Crippen LogP contribution in [0.5, 0.6) is 0 Å². The Balaban J connectivity index is 1.72. The van der Waals surface area contributed by atoms with E-state index in [4.69, 9.17) is 5.11 Å². The number of likely N-dealkylation sites (tertiary alicyclic amines) is 1. The van der Waals surface area contributed by atoms with Gasteiger partial charge >= 0.3 is 5.97 Å². The van der Waals surface area contributed by atoms with Crippen LogP contribution in [0.2, 0.25) is 0 Å². The number of aromatic carboxylic acids is 1. The average Bonchev–Trinajstić information content (AvgIpc) is 2.82. The molecule has 1 unspecified atom stereocenters. The van der Waals surface area contributed by atoms with Crippen LogP contribution in [-0.2, 0) is 0 Å². The Hall–Kier alpha value is -1.69. The maximum absolute atomic E-state index is 10.8. The summed E-state index contributed by atoms with van der Waals surface area (Å²) in [4.78, 5) is 23.8. The molecule has 1 N–H and O–H groups in total. The number of hydrogen-bond acceptors (Lipinski definition) is 5. The minimum Gasteiger partial charge on any atom is -0.478 e. The Morgan fingerprint density at radius 2 is 2.00 bits per heavy atom. The highest BCUT2D eigenvalue weighted by molar-refractivity contribution is 5.86. The van der Waals surface area contributed by atoms with Gasteiger partial charge in [-0.15, -0.1) is 0 Å². The van der Waals surface area contributed by atoms with E-state index < -0.39 is 5.97 Å². The summed E-state index contributed by atoms with van der Waals surface area (Å²) in [5.41, 5.74) is 0.502. The lowest BCUT2D eigenvalue weighted by atomic mass is 9.79. The van der Waals surface area contributed by atoms with Gasteiger partial charge in [0.1, 0.15) is 0 Å². The molecule has 2 aliphatic rings. The molecule has 1 aromatic heterocycles. The summed E-state index contributed by atoms with van der Waals surface area (Å²) >= 11 is 0. The van der Waals surface area contributed by atoms with Crippen molar-refractivity contribution in [3.63, 3.8) is 0 Å². The molecule has 0 aliphatic carbocycles. The highest BCUT2D eigenvalue weighted by Gasteiger charge is 2.41. The molecule has 1 aromatic rings. The van der Waals surface area contributed by atoms with Crippen molar-refractivity contribution >= 4 is 11.9 Å². The number of rotatable bonds is 2. The number of nitrogens with zero attached hydrogens (tertiary/aromatic N) is 4. The van der Waals surface area contributed by atoms with Crippen molar-refractivity contribution in [3.8, 4) is 0 Å².